The maximum Gasteiger partial charge on any atom is 0.461 e. The van der Waals surface area contributed by atoms with Crippen LogP contribution in [0.25, 0.3) is 0 Å². The molecule has 0 atom stereocenters. The van der Waals surface area contributed by atoms with E-state index in [0.29, 0.717) is 18.2 Å². The van der Waals surface area contributed by atoms with E-state index in [0.717, 1.165) is 18.2 Å². The third-order valence-electron chi connectivity index (χ3n) is 2.82. The Bertz CT molecular complexity index is 779. The summed E-state index contributed by atoms with van der Waals surface area (Å²) >= 11 is 2.86. The largest absolute Gasteiger partial charge is 0.461 e. The zero-order chi connectivity index (χ0) is 18.1. The minimum atomic E-state index is -4.84. The minimum absolute atomic E-state index is 0.0366. The number of halogens is 7. The van der Waals surface area contributed by atoms with Crippen LogP contribution >= 0.6 is 15.9 Å². The molecule has 24 heavy (non-hydrogen) atoms. The number of hydrogen-bond acceptors (Lipinski definition) is 2. The fourth-order valence-corrected chi connectivity index (χ4v) is 2.14. The minimum Gasteiger partial charge on any atom is -0.428 e. The summed E-state index contributed by atoms with van der Waals surface area (Å²) in [5.41, 5.74) is -0.492. The van der Waals surface area contributed by atoms with Crippen LogP contribution in [0.5, 0.6) is 5.75 Å². The van der Waals surface area contributed by atoms with Crippen LogP contribution in [0, 0.1) is 11.6 Å². The molecule has 0 N–H and O–H groups in total. The number of alkyl halides is 4. The van der Waals surface area contributed by atoms with E-state index >= 15 is 0 Å². The van der Waals surface area contributed by atoms with E-state index in [1.807, 2.05) is 0 Å². The van der Waals surface area contributed by atoms with E-state index < -0.39 is 41.3 Å². The second-order valence-corrected chi connectivity index (χ2v) is 5.45. The molecule has 2 rings (SSSR count). The third kappa shape index (κ3) is 4.08. The maximum absolute atomic E-state index is 13.5. The van der Waals surface area contributed by atoms with Crippen molar-refractivity contribution in [1.82, 2.24) is 0 Å². The van der Waals surface area contributed by atoms with Gasteiger partial charge in [-0.2, -0.15) is 17.6 Å². The molecule has 0 aliphatic carbocycles. The van der Waals surface area contributed by atoms with E-state index in [1.54, 1.807) is 0 Å². The van der Waals surface area contributed by atoms with Gasteiger partial charge in [0.05, 0.1) is 4.47 Å². The smallest absolute Gasteiger partial charge is 0.428 e. The molecule has 0 heterocycles. The Hall–Kier alpha value is -2.03. The van der Waals surface area contributed by atoms with E-state index in [2.05, 4.69) is 20.7 Å². The van der Waals surface area contributed by atoms with Gasteiger partial charge in [-0.05, 0) is 46.3 Å². The zero-order valence-corrected chi connectivity index (χ0v) is 13.1. The van der Waals surface area contributed by atoms with Gasteiger partial charge in [0.25, 0.3) is 0 Å². The molecule has 0 saturated carbocycles. The highest BCUT2D eigenvalue weighted by atomic mass is 79.9. The van der Waals surface area contributed by atoms with Crippen molar-refractivity contribution in [2.24, 2.45) is 0 Å². The van der Waals surface area contributed by atoms with Crippen LogP contribution < -0.4 is 4.74 Å². The first-order valence-corrected chi connectivity index (χ1v) is 7.05. The molecule has 0 spiro atoms. The Morgan fingerprint density at radius 3 is 2.29 bits per heavy atom. The predicted octanol–water partition coefficient (Wildman–Crippen LogP) is 5.20. The summed E-state index contributed by atoms with van der Waals surface area (Å²) in [6, 6.07) is 5.02. The van der Waals surface area contributed by atoms with Crippen LogP contribution in [0.4, 0.5) is 26.3 Å². The van der Waals surface area contributed by atoms with E-state index in [9.17, 15) is 31.1 Å². The van der Waals surface area contributed by atoms with Crippen molar-refractivity contribution in [3.8, 4) is 5.75 Å². The molecule has 128 valence electrons. The highest BCUT2D eigenvalue weighted by Gasteiger charge is 2.44. The van der Waals surface area contributed by atoms with Crippen LogP contribution in [-0.4, -0.2) is 18.3 Å². The van der Waals surface area contributed by atoms with Gasteiger partial charge in [0.1, 0.15) is 17.4 Å². The molecule has 0 aromatic heterocycles. The number of rotatable bonds is 5. The highest BCUT2D eigenvalue weighted by Crippen LogP contribution is 2.29. The van der Waals surface area contributed by atoms with Gasteiger partial charge in [0, 0.05) is 17.2 Å². The summed E-state index contributed by atoms with van der Waals surface area (Å²) in [4.78, 5) is 12.2. The molecule has 9 heteroatoms. The van der Waals surface area contributed by atoms with E-state index in [1.165, 1.54) is 0 Å². The molecule has 0 bridgehead atoms. The van der Waals surface area contributed by atoms with Gasteiger partial charge in [0.2, 0.25) is 0 Å². The van der Waals surface area contributed by atoms with Crippen molar-refractivity contribution in [2.45, 2.75) is 12.5 Å². The average Bonchev–Trinajstić information content (AvgIpc) is 2.48. The molecule has 0 saturated heterocycles. The SMILES string of the molecule is O=C(c1cc(F)cc(OC(F)(F)C(F)F)c1)c1ccc(F)c(Br)c1. The molecule has 0 aliphatic heterocycles. The summed E-state index contributed by atoms with van der Waals surface area (Å²) in [5.74, 6) is -3.56. The van der Waals surface area contributed by atoms with Gasteiger partial charge >= 0.3 is 12.5 Å². The standard InChI is InChI=1S/C15H7BrF6O2/c16-11-5-7(1-2-12(11)18)13(23)8-3-9(17)6-10(4-8)24-15(21,22)14(19)20/h1-6,14H. The fraction of sp³-hybridized carbons (Fsp3) is 0.133. The summed E-state index contributed by atoms with van der Waals surface area (Å²) in [7, 11) is 0. The van der Waals surface area contributed by atoms with Gasteiger partial charge in [-0.3, -0.25) is 4.79 Å². The monoisotopic (exact) mass is 412 g/mol. The van der Waals surface area contributed by atoms with Crippen molar-refractivity contribution in [2.75, 3.05) is 0 Å². The summed E-state index contributed by atoms with van der Waals surface area (Å²) < 4.78 is 80.4. The lowest BCUT2D eigenvalue weighted by Gasteiger charge is -2.17. The lowest BCUT2D eigenvalue weighted by Crippen LogP contribution is -2.33. The lowest BCUT2D eigenvalue weighted by atomic mass is 10.0. The van der Waals surface area contributed by atoms with Crippen molar-refractivity contribution >= 4 is 21.7 Å². The molecular formula is C15H7BrF6O2. The first-order valence-electron chi connectivity index (χ1n) is 6.25. The summed E-state index contributed by atoms with van der Waals surface area (Å²) in [5, 5.41) is 0. The second kappa shape index (κ2) is 6.84. The first kappa shape index (κ1) is 18.3. The molecular weight excluding hydrogens is 406 g/mol. The zero-order valence-electron chi connectivity index (χ0n) is 11.5. The van der Waals surface area contributed by atoms with Crippen LogP contribution in [0.1, 0.15) is 15.9 Å². The lowest BCUT2D eigenvalue weighted by molar-refractivity contribution is -0.253. The van der Waals surface area contributed by atoms with E-state index in [4.69, 9.17) is 0 Å². The average molecular weight is 413 g/mol. The molecule has 0 amide bonds. The van der Waals surface area contributed by atoms with Gasteiger partial charge in [-0.1, -0.05) is 0 Å². The Morgan fingerprint density at radius 2 is 1.71 bits per heavy atom. The van der Waals surface area contributed by atoms with Crippen LogP contribution in [0.15, 0.2) is 40.9 Å². The van der Waals surface area contributed by atoms with Gasteiger partial charge in [0.15, 0.2) is 5.78 Å². The molecule has 0 radical (unpaired) electrons. The van der Waals surface area contributed by atoms with E-state index in [-0.39, 0.29) is 10.0 Å². The van der Waals surface area contributed by atoms with Gasteiger partial charge < -0.3 is 4.74 Å². The van der Waals surface area contributed by atoms with Crippen LogP contribution in [-0.2, 0) is 0 Å². The van der Waals surface area contributed by atoms with Crippen LogP contribution in [0.2, 0.25) is 0 Å². The Morgan fingerprint density at radius 1 is 1.04 bits per heavy atom. The number of hydrogen-bond donors (Lipinski definition) is 0. The molecule has 0 unspecified atom stereocenters. The Balaban J connectivity index is 2.37. The summed E-state index contributed by atoms with van der Waals surface area (Å²) in [6.07, 6.45) is -8.97. The maximum atomic E-state index is 13.5. The number of carbonyl (C=O) groups is 1. The van der Waals surface area contributed by atoms with Crippen molar-refractivity contribution in [1.29, 1.82) is 0 Å². The predicted molar refractivity (Wildman–Crippen MR) is 75.5 cm³/mol. The van der Waals surface area contributed by atoms with Gasteiger partial charge in [-0.15, -0.1) is 0 Å². The van der Waals surface area contributed by atoms with Crippen LogP contribution in [0.3, 0.4) is 0 Å². The Labute approximate surface area is 140 Å². The highest BCUT2D eigenvalue weighted by molar-refractivity contribution is 9.10. The molecule has 2 nitrogen and oxygen atoms in total. The second-order valence-electron chi connectivity index (χ2n) is 4.60. The molecule has 0 fully saturated rings. The van der Waals surface area contributed by atoms with Crippen molar-refractivity contribution in [3.63, 3.8) is 0 Å². The summed E-state index contributed by atoms with van der Waals surface area (Å²) in [6.45, 7) is 0. The number of ether oxygens (including phenoxy) is 1. The molecule has 2 aromatic carbocycles. The number of benzene rings is 2. The number of ketones is 1. The molecule has 0 aliphatic rings. The third-order valence-corrected chi connectivity index (χ3v) is 3.43. The normalized spacial score (nSPS) is 11.7. The first-order chi connectivity index (χ1) is 11.1. The quantitative estimate of drug-likeness (QED) is 0.498. The fourth-order valence-electron chi connectivity index (χ4n) is 1.76. The molecule has 2 aromatic rings. The number of carbonyl (C=O) groups excluding carboxylic acids is 1. The topological polar surface area (TPSA) is 26.3 Å². The van der Waals surface area contributed by atoms with Gasteiger partial charge in [-0.25, -0.2) is 8.78 Å². The van der Waals surface area contributed by atoms with Crippen molar-refractivity contribution < 1.29 is 35.9 Å². The Kier molecular flexibility index (Phi) is 5.22. The van der Waals surface area contributed by atoms with Crippen molar-refractivity contribution in [3.05, 3.63) is 63.6 Å².